The highest BCUT2D eigenvalue weighted by Crippen LogP contribution is 2.60. The van der Waals surface area contributed by atoms with Gasteiger partial charge in [-0.2, -0.15) is 0 Å². The van der Waals surface area contributed by atoms with Crippen LogP contribution in [0.5, 0.6) is 5.75 Å². The molecule has 38 heavy (non-hydrogen) atoms. The number of rotatable bonds is 9. The molecule has 3 heterocycles. The molecule has 2 aromatic carbocycles. The number of ether oxygens (including phenoxy) is 2. The van der Waals surface area contributed by atoms with E-state index in [1.54, 1.807) is 36.0 Å². The van der Waals surface area contributed by atoms with Crippen LogP contribution in [-0.4, -0.2) is 54.2 Å². The van der Waals surface area contributed by atoms with Gasteiger partial charge in [0.25, 0.3) is 5.91 Å². The van der Waals surface area contributed by atoms with Crippen molar-refractivity contribution in [1.29, 1.82) is 0 Å². The first-order valence-electron chi connectivity index (χ1n) is 13.1. The Balaban J connectivity index is 1.52. The quantitative estimate of drug-likeness (QED) is 0.324. The number of anilines is 1. The van der Waals surface area contributed by atoms with E-state index in [2.05, 4.69) is 10.3 Å². The van der Waals surface area contributed by atoms with Gasteiger partial charge in [-0.15, -0.1) is 5.10 Å². The maximum Gasteiger partial charge on any atom is 0.264 e. The Bertz CT molecular complexity index is 1300. The molecule has 1 fully saturated rings. The van der Waals surface area contributed by atoms with Crippen molar-refractivity contribution in [2.24, 2.45) is 5.92 Å². The summed E-state index contributed by atoms with van der Waals surface area (Å²) in [6.07, 6.45) is 2.24. The van der Waals surface area contributed by atoms with Gasteiger partial charge in [-0.05, 0) is 43.3 Å². The van der Waals surface area contributed by atoms with Crippen molar-refractivity contribution >= 4 is 20.0 Å². The van der Waals surface area contributed by atoms with Crippen molar-refractivity contribution in [2.45, 2.75) is 63.2 Å². The van der Waals surface area contributed by atoms with E-state index in [1.807, 2.05) is 55.5 Å². The van der Waals surface area contributed by atoms with Crippen LogP contribution >= 0.6 is 0 Å². The summed E-state index contributed by atoms with van der Waals surface area (Å²) >= 11 is 0. The molecule has 10 heteroatoms. The monoisotopic (exact) mass is 538 g/mol. The van der Waals surface area contributed by atoms with Crippen LogP contribution in [0.2, 0.25) is 18.6 Å². The van der Waals surface area contributed by atoms with E-state index in [9.17, 15) is 9.90 Å². The van der Waals surface area contributed by atoms with Gasteiger partial charge in [0.05, 0.1) is 31.1 Å². The second-order valence-corrected chi connectivity index (χ2v) is 14.6. The first kappa shape index (κ1) is 26.5. The molecule has 8 nitrogen and oxygen atoms in total. The maximum atomic E-state index is 16.0. The van der Waals surface area contributed by atoms with Crippen molar-refractivity contribution in [3.05, 3.63) is 71.5 Å². The molecule has 4 atom stereocenters. The highest BCUT2D eigenvalue weighted by molar-refractivity contribution is 6.72. The molecule has 1 spiro atoms. The summed E-state index contributed by atoms with van der Waals surface area (Å²) < 4.78 is 30.0. The Morgan fingerprint density at radius 3 is 2.66 bits per heavy atom. The van der Waals surface area contributed by atoms with Crippen LogP contribution in [0.25, 0.3) is 0 Å². The zero-order valence-corrected chi connectivity index (χ0v) is 23.3. The lowest BCUT2D eigenvalue weighted by molar-refractivity contribution is -0.146. The Kier molecular flexibility index (Phi) is 7.14. The van der Waals surface area contributed by atoms with Gasteiger partial charge in [0.15, 0.2) is 5.60 Å². The number of nitrogens with zero attached hydrogens (tertiary/aromatic N) is 4. The van der Waals surface area contributed by atoms with Crippen molar-refractivity contribution in [2.75, 3.05) is 18.6 Å². The van der Waals surface area contributed by atoms with Crippen LogP contribution in [0.4, 0.5) is 9.80 Å². The molecule has 3 aromatic rings. The summed E-state index contributed by atoms with van der Waals surface area (Å²) in [5.41, 5.74) is 1.52. The molecule has 202 valence electrons. The summed E-state index contributed by atoms with van der Waals surface area (Å²) in [4.78, 5) is 16.1. The number of benzene rings is 2. The fourth-order valence-electron chi connectivity index (χ4n) is 6.28. The summed E-state index contributed by atoms with van der Waals surface area (Å²) in [7, 11) is -1.67. The van der Waals surface area contributed by atoms with Crippen LogP contribution in [0, 0.1) is 5.92 Å². The minimum Gasteiger partial charge on any atom is -0.497 e. The number of carbonyl (C=O) groups is 1. The van der Waals surface area contributed by atoms with Gasteiger partial charge < -0.3 is 23.6 Å². The van der Waals surface area contributed by atoms with Gasteiger partial charge in [-0.3, -0.25) is 9.48 Å². The Morgan fingerprint density at radius 2 is 1.97 bits per heavy atom. The van der Waals surface area contributed by atoms with Crippen molar-refractivity contribution in [1.82, 2.24) is 15.0 Å². The first-order chi connectivity index (χ1) is 18.2. The number of aromatic nitrogens is 3. The van der Waals surface area contributed by atoms with E-state index in [4.69, 9.17) is 9.47 Å². The number of halogens is 1. The summed E-state index contributed by atoms with van der Waals surface area (Å²) in [5, 5.41) is 17.4. The third-order valence-corrected chi connectivity index (χ3v) is 10.4. The lowest BCUT2D eigenvalue weighted by Gasteiger charge is -2.31. The third kappa shape index (κ3) is 4.54. The summed E-state index contributed by atoms with van der Waals surface area (Å²) in [6.45, 7) is 6.23. The number of carbonyl (C=O) groups excluding carboxylic acids is 1. The van der Waals surface area contributed by atoms with Crippen LogP contribution in [0.3, 0.4) is 0 Å². The van der Waals surface area contributed by atoms with E-state index in [0.29, 0.717) is 37.4 Å². The van der Waals surface area contributed by atoms with E-state index >= 15 is 4.11 Å². The normalized spacial score (nSPS) is 24.8. The largest absolute Gasteiger partial charge is 0.497 e. The molecular formula is C28H35FN4O4Si. The smallest absolute Gasteiger partial charge is 0.264 e. The lowest BCUT2D eigenvalue weighted by Crippen LogP contribution is -2.45. The zero-order chi connectivity index (χ0) is 27.1. The molecule has 0 saturated carbocycles. The van der Waals surface area contributed by atoms with Gasteiger partial charge in [-0.25, -0.2) is 0 Å². The molecule has 0 radical (unpaired) electrons. The van der Waals surface area contributed by atoms with Crippen LogP contribution < -0.4 is 9.64 Å². The predicted octanol–water partition coefficient (Wildman–Crippen LogP) is 4.23. The van der Waals surface area contributed by atoms with Gasteiger partial charge >= 0.3 is 0 Å². The second-order valence-electron chi connectivity index (χ2n) is 10.8. The Labute approximate surface area is 223 Å². The van der Waals surface area contributed by atoms with Crippen LogP contribution in [0.15, 0.2) is 54.7 Å². The van der Waals surface area contributed by atoms with E-state index in [0.717, 1.165) is 16.8 Å². The molecule has 1 N–H and O–H groups in total. The average molecular weight is 539 g/mol. The molecule has 1 aromatic heterocycles. The number of aryl methyl sites for hydroxylation is 1. The third-order valence-electron chi connectivity index (χ3n) is 7.95. The van der Waals surface area contributed by atoms with Crippen molar-refractivity contribution in [3.63, 3.8) is 0 Å². The molecule has 2 aliphatic heterocycles. The van der Waals surface area contributed by atoms with Crippen molar-refractivity contribution < 1.29 is 23.5 Å². The standard InChI is InChI=1S/C28H35FN4O4Si/c1-19-26(38(3,4)29)25(12-14-32-18-21(13-15-34)30-31-32)37-28(19)23-16-22(36-2)10-11-24(23)33(27(28)35)17-20-8-6-5-7-9-20/h5-11,16,18-19,25-26,34H,12-15,17H2,1-4H3/t19-,25+,26-,28+/m1/s1. The van der Waals surface area contributed by atoms with Crippen molar-refractivity contribution in [3.8, 4) is 5.75 Å². The summed E-state index contributed by atoms with van der Waals surface area (Å²) in [6, 6.07) is 15.5. The topological polar surface area (TPSA) is 89.7 Å². The highest BCUT2D eigenvalue weighted by atomic mass is 28.4. The number of fused-ring (bicyclic) bond motifs is 2. The molecule has 2 aliphatic rings. The highest BCUT2D eigenvalue weighted by Gasteiger charge is 2.66. The van der Waals surface area contributed by atoms with Gasteiger partial charge in [0.1, 0.15) is 5.75 Å². The Hall–Kier alpha value is -3.08. The summed E-state index contributed by atoms with van der Waals surface area (Å²) in [5.74, 6) is 0.0944. The Morgan fingerprint density at radius 1 is 1.21 bits per heavy atom. The van der Waals surface area contributed by atoms with Crippen LogP contribution in [0.1, 0.15) is 30.2 Å². The van der Waals surface area contributed by atoms with Gasteiger partial charge in [-0.1, -0.05) is 42.5 Å². The SMILES string of the molecule is COc1ccc2c(c1)[C@]1(O[C@@H](CCn3cc(CCO)nn3)[C@H]([Si](C)(C)F)[C@H]1C)C(=O)N2Cc1ccccc1. The minimum absolute atomic E-state index is 0.00135. The number of hydrogen-bond acceptors (Lipinski definition) is 6. The van der Waals surface area contributed by atoms with E-state index < -0.39 is 25.7 Å². The van der Waals surface area contributed by atoms with Gasteiger partial charge in [0, 0.05) is 42.8 Å². The lowest BCUT2D eigenvalue weighted by atomic mass is 9.82. The maximum absolute atomic E-state index is 16.0. The fraction of sp³-hybridized carbons (Fsp3) is 0.464. The second kappa shape index (κ2) is 10.2. The first-order valence-corrected chi connectivity index (χ1v) is 16.1. The molecule has 1 saturated heterocycles. The number of hydrogen-bond donors (Lipinski definition) is 1. The minimum atomic E-state index is -3.26. The number of aliphatic hydroxyl groups excluding tert-OH is 1. The molecular weight excluding hydrogens is 503 g/mol. The molecule has 0 aliphatic carbocycles. The van der Waals surface area contributed by atoms with E-state index in [-0.39, 0.29) is 18.4 Å². The molecule has 5 rings (SSSR count). The number of amides is 1. The van der Waals surface area contributed by atoms with E-state index in [1.165, 1.54) is 0 Å². The average Bonchev–Trinajstić information content (AvgIpc) is 3.53. The molecule has 0 bridgehead atoms. The predicted molar refractivity (Wildman–Crippen MR) is 144 cm³/mol. The zero-order valence-electron chi connectivity index (χ0n) is 22.3. The van der Waals surface area contributed by atoms with Gasteiger partial charge in [0.2, 0.25) is 8.41 Å². The fourth-order valence-corrected chi connectivity index (χ4v) is 8.83. The molecule has 0 unspecified atom stereocenters. The number of methoxy groups -OCH3 is 1. The number of aliphatic hydroxyl groups is 1. The molecule has 1 amide bonds. The van der Waals surface area contributed by atoms with Crippen LogP contribution in [-0.2, 0) is 34.6 Å².